The molecule has 0 aliphatic carbocycles. The minimum absolute atomic E-state index is 0.265. The van der Waals surface area contributed by atoms with Crippen molar-refractivity contribution in [2.45, 2.75) is 26.3 Å². The lowest BCUT2D eigenvalue weighted by molar-refractivity contribution is 0.251. The van der Waals surface area contributed by atoms with E-state index < -0.39 is 0 Å². The first kappa shape index (κ1) is 21.6. The molecule has 0 atom stereocenters. The molecule has 7 heteroatoms. The molecule has 0 saturated carbocycles. The van der Waals surface area contributed by atoms with Gasteiger partial charge in [0.1, 0.15) is 5.75 Å². The third-order valence-corrected chi connectivity index (χ3v) is 5.79. The molecule has 1 saturated heterocycles. The highest BCUT2D eigenvalue weighted by atomic mass is 16.5. The summed E-state index contributed by atoms with van der Waals surface area (Å²) in [6.45, 7) is 4.78. The van der Waals surface area contributed by atoms with Crippen LogP contribution >= 0.6 is 0 Å². The Bertz CT molecular complexity index is 1030. The molecule has 1 aliphatic rings. The van der Waals surface area contributed by atoms with Crippen molar-refractivity contribution in [3.05, 3.63) is 66.2 Å². The van der Waals surface area contributed by atoms with E-state index in [1.165, 1.54) is 12.8 Å². The van der Waals surface area contributed by atoms with Gasteiger partial charge in [0, 0.05) is 30.9 Å². The maximum Gasteiger partial charge on any atom is 0.319 e. The van der Waals surface area contributed by atoms with Crippen LogP contribution in [0, 0.1) is 5.92 Å². The minimum atomic E-state index is -0.265. The van der Waals surface area contributed by atoms with Crippen LogP contribution in [0.25, 0.3) is 11.3 Å². The van der Waals surface area contributed by atoms with Gasteiger partial charge < -0.3 is 20.3 Å². The number of anilines is 2. The second-order valence-electron chi connectivity index (χ2n) is 8.18. The van der Waals surface area contributed by atoms with Gasteiger partial charge in [-0.2, -0.15) is 0 Å². The fraction of sp³-hybridized carbons (Fsp3) is 0.320. The van der Waals surface area contributed by atoms with E-state index in [-0.39, 0.29) is 6.03 Å². The van der Waals surface area contributed by atoms with Gasteiger partial charge in [0.2, 0.25) is 0 Å². The molecular formula is C25H29N5O2. The first-order chi connectivity index (χ1) is 15.6. The van der Waals surface area contributed by atoms with Gasteiger partial charge in [-0.1, -0.05) is 31.2 Å². The number of carbonyl (C=O) groups is 1. The van der Waals surface area contributed by atoms with Crippen molar-refractivity contribution >= 4 is 17.5 Å². The molecule has 0 bridgehead atoms. The van der Waals surface area contributed by atoms with E-state index in [4.69, 9.17) is 4.74 Å². The Kier molecular flexibility index (Phi) is 6.84. The molecule has 1 aliphatic heterocycles. The molecule has 1 aromatic heterocycles. The number of piperidine rings is 1. The monoisotopic (exact) mass is 431 g/mol. The van der Waals surface area contributed by atoms with Gasteiger partial charge in [0.25, 0.3) is 0 Å². The van der Waals surface area contributed by atoms with E-state index in [2.05, 4.69) is 32.7 Å². The zero-order chi connectivity index (χ0) is 22.3. The van der Waals surface area contributed by atoms with Crippen molar-refractivity contribution in [1.82, 2.24) is 15.5 Å². The summed E-state index contributed by atoms with van der Waals surface area (Å²) in [5, 5.41) is 14.6. The van der Waals surface area contributed by atoms with Gasteiger partial charge in [0.05, 0.1) is 12.8 Å². The highest BCUT2D eigenvalue weighted by molar-refractivity contribution is 5.90. The van der Waals surface area contributed by atoms with Crippen molar-refractivity contribution in [3.63, 3.8) is 0 Å². The SMILES string of the molecule is COc1ccc(CNC(=O)Nc2cccc(-c3ccc(N4CCC(C)CC4)nn3)c2)cc1. The second kappa shape index (κ2) is 10.1. The highest BCUT2D eigenvalue weighted by Gasteiger charge is 2.17. The van der Waals surface area contributed by atoms with E-state index >= 15 is 0 Å². The summed E-state index contributed by atoms with van der Waals surface area (Å²) in [4.78, 5) is 14.6. The average Bonchev–Trinajstić information content (AvgIpc) is 2.84. The molecule has 2 aromatic carbocycles. The molecule has 0 radical (unpaired) electrons. The van der Waals surface area contributed by atoms with Crippen LogP contribution in [0.3, 0.4) is 0 Å². The predicted molar refractivity (Wildman–Crippen MR) is 127 cm³/mol. The summed E-state index contributed by atoms with van der Waals surface area (Å²) in [5.74, 6) is 2.49. The lowest BCUT2D eigenvalue weighted by Crippen LogP contribution is -2.33. The summed E-state index contributed by atoms with van der Waals surface area (Å²) in [6, 6.07) is 19.0. The van der Waals surface area contributed by atoms with Crippen LogP contribution in [-0.4, -0.2) is 36.4 Å². The number of hydrogen-bond donors (Lipinski definition) is 2. The molecule has 166 valence electrons. The number of rotatable bonds is 6. The summed E-state index contributed by atoms with van der Waals surface area (Å²) < 4.78 is 5.15. The maximum absolute atomic E-state index is 12.3. The maximum atomic E-state index is 12.3. The van der Waals surface area contributed by atoms with Crippen molar-refractivity contribution in [3.8, 4) is 17.0 Å². The minimum Gasteiger partial charge on any atom is -0.497 e. The molecule has 32 heavy (non-hydrogen) atoms. The van der Waals surface area contributed by atoms with Crippen LogP contribution in [-0.2, 0) is 6.54 Å². The standard InChI is InChI=1S/C25H29N5O2/c1-18-12-14-30(15-13-18)24-11-10-23(28-29-24)20-4-3-5-21(16-20)27-25(31)26-17-19-6-8-22(32-2)9-7-19/h3-11,16,18H,12-15,17H2,1-2H3,(H2,26,27,31). The van der Waals surface area contributed by atoms with Crippen molar-refractivity contribution in [2.24, 2.45) is 5.92 Å². The number of hydrogen-bond acceptors (Lipinski definition) is 5. The Morgan fingerprint density at radius 3 is 2.53 bits per heavy atom. The van der Waals surface area contributed by atoms with E-state index in [1.54, 1.807) is 7.11 Å². The van der Waals surface area contributed by atoms with Crippen LogP contribution in [0.1, 0.15) is 25.3 Å². The van der Waals surface area contributed by atoms with Crippen LogP contribution in [0.4, 0.5) is 16.3 Å². The fourth-order valence-electron chi connectivity index (χ4n) is 3.74. The van der Waals surface area contributed by atoms with Gasteiger partial charge in [-0.25, -0.2) is 4.79 Å². The van der Waals surface area contributed by atoms with Crippen molar-refractivity contribution < 1.29 is 9.53 Å². The molecular weight excluding hydrogens is 402 g/mol. The van der Waals surface area contributed by atoms with Gasteiger partial charge in [-0.05, 0) is 60.7 Å². The number of methoxy groups -OCH3 is 1. The number of nitrogens with one attached hydrogen (secondary N) is 2. The lowest BCUT2D eigenvalue weighted by Gasteiger charge is -2.30. The molecule has 3 aromatic rings. The molecule has 4 rings (SSSR count). The van der Waals surface area contributed by atoms with Gasteiger partial charge >= 0.3 is 6.03 Å². The first-order valence-corrected chi connectivity index (χ1v) is 11.0. The normalized spacial score (nSPS) is 14.1. The number of urea groups is 1. The number of amides is 2. The number of carbonyl (C=O) groups excluding carboxylic acids is 1. The van der Waals surface area contributed by atoms with E-state index in [0.717, 1.165) is 47.4 Å². The Morgan fingerprint density at radius 1 is 1.06 bits per heavy atom. The topological polar surface area (TPSA) is 79.4 Å². The Balaban J connectivity index is 1.34. The van der Waals surface area contributed by atoms with Crippen LogP contribution in [0.5, 0.6) is 5.75 Å². The lowest BCUT2D eigenvalue weighted by atomic mass is 9.99. The molecule has 7 nitrogen and oxygen atoms in total. The van der Waals surface area contributed by atoms with Crippen LogP contribution in [0.15, 0.2) is 60.7 Å². The summed E-state index contributed by atoms with van der Waals surface area (Å²) in [5.41, 5.74) is 3.38. The third kappa shape index (κ3) is 5.55. The molecule has 0 spiro atoms. The Morgan fingerprint density at radius 2 is 1.84 bits per heavy atom. The number of nitrogens with zero attached hydrogens (tertiary/aromatic N) is 3. The molecule has 2 N–H and O–H groups in total. The Labute approximate surface area is 188 Å². The molecule has 1 fully saturated rings. The molecule has 2 amide bonds. The second-order valence-corrected chi connectivity index (χ2v) is 8.18. The molecule has 2 heterocycles. The predicted octanol–water partition coefficient (Wildman–Crippen LogP) is 4.71. The Hall–Kier alpha value is -3.61. The first-order valence-electron chi connectivity index (χ1n) is 11.0. The zero-order valence-electron chi connectivity index (χ0n) is 18.5. The van der Waals surface area contributed by atoms with E-state index in [0.29, 0.717) is 12.2 Å². The number of ether oxygens (including phenoxy) is 1. The van der Waals surface area contributed by atoms with Crippen LogP contribution < -0.4 is 20.3 Å². The molecule has 0 unspecified atom stereocenters. The van der Waals surface area contributed by atoms with Crippen molar-refractivity contribution in [1.29, 1.82) is 0 Å². The summed E-state index contributed by atoms with van der Waals surface area (Å²) >= 11 is 0. The smallest absolute Gasteiger partial charge is 0.319 e. The van der Waals surface area contributed by atoms with Crippen molar-refractivity contribution in [2.75, 3.05) is 30.4 Å². The van der Waals surface area contributed by atoms with Gasteiger partial charge in [0.15, 0.2) is 5.82 Å². The number of benzene rings is 2. The third-order valence-electron chi connectivity index (χ3n) is 5.79. The van der Waals surface area contributed by atoms with E-state index in [1.807, 2.05) is 60.7 Å². The summed E-state index contributed by atoms with van der Waals surface area (Å²) in [6.07, 6.45) is 2.38. The fourth-order valence-corrected chi connectivity index (χ4v) is 3.74. The quantitative estimate of drug-likeness (QED) is 0.591. The van der Waals surface area contributed by atoms with E-state index in [9.17, 15) is 4.79 Å². The highest BCUT2D eigenvalue weighted by Crippen LogP contribution is 2.24. The number of aromatic nitrogens is 2. The summed E-state index contributed by atoms with van der Waals surface area (Å²) in [7, 11) is 1.63. The zero-order valence-corrected chi connectivity index (χ0v) is 18.5. The van der Waals surface area contributed by atoms with Crippen LogP contribution in [0.2, 0.25) is 0 Å². The van der Waals surface area contributed by atoms with Gasteiger partial charge in [-0.15, -0.1) is 10.2 Å². The average molecular weight is 432 g/mol. The largest absolute Gasteiger partial charge is 0.497 e. The van der Waals surface area contributed by atoms with Gasteiger partial charge in [-0.3, -0.25) is 0 Å².